The molecule has 4 heteroatoms. The van der Waals surface area contributed by atoms with E-state index >= 15 is 0 Å². The van der Waals surface area contributed by atoms with E-state index in [1.807, 2.05) is 30.3 Å². The number of aryl methyl sites for hydroxylation is 2. The lowest BCUT2D eigenvalue weighted by Gasteiger charge is -2.07. The van der Waals surface area contributed by atoms with Gasteiger partial charge in [-0.25, -0.2) is 9.97 Å². The maximum Gasteiger partial charge on any atom is 0.231 e. The van der Waals surface area contributed by atoms with Crippen LogP contribution in [0.15, 0.2) is 60.9 Å². The number of benzene rings is 2. The molecule has 118 valence electrons. The number of hydrogen-bond donors (Lipinski definition) is 0. The van der Waals surface area contributed by atoms with E-state index in [1.165, 1.54) is 21.6 Å². The molecule has 0 aliphatic heterocycles. The molecule has 24 heavy (non-hydrogen) atoms. The average Bonchev–Trinajstić information content (AvgIpc) is 2.92. The van der Waals surface area contributed by atoms with Gasteiger partial charge in [0.2, 0.25) is 5.88 Å². The SMILES string of the molecule is Cc1sc2ncnc(Oc3ccc(-c4ccccc4)cc3)c2c1C. The summed E-state index contributed by atoms with van der Waals surface area (Å²) in [6.07, 6.45) is 1.56. The molecule has 0 aliphatic rings. The van der Waals surface area contributed by atoms with Gasteiger partial charge in [0.15, 0.2) is 0 Å². The number of aromatic nitrogens is 2. The second-order valence-corrected chi connectivity index (χ2v) is 6.84. The molecule has 0 unspecified atom stereocenters. The number of ether oxygens (including phenoxy) is 1. The Balaban J connectivity index is 1.67. The van der Waals surface area contributed by atoms with E-state index in [2.05, 4.69) is 48.1 Å². The summed E-state index contributed by atoms with van der Waals surface area (Å²) in [6.45, 7) is 4.18. The van der Waals surface area contributed by atoms with Crippen LogP contribution in [0.1, 0.15) is 10.4 Å². The molecule has 0 saturated heterocycles. The first-order chi connectivity index (χ1) is 11.7. The zero-order valence-corrected chi connectivity index (χ0v) is 14.3. The molecule has 4 aromatic rings. The van der Waals surface area contributed by atoms with Crippen LogP contribution in [0.3, 0.4) is 0 Å². The quantitative estimate of drug-likeness (QED) is 0.478. The fourth-order valence-electron chi connectivity index (χ4n) is 2.69. The highest BCUT2D eigenvalue weighted by Crippen LogP contribution is 2.36. The van der Waals surface area contributed by atoms with Crippen LogP contribution < -0.4 is 4.74 Å². The monoisotopic (exact) mass is 332 g/mol. The predicted molar refractivity (Wildman–Crippen MR) is 98.8 cm³/mol. The molecule has 2 heterocycles. The Morgan fingerprint density at radius 3 is 2.29 bits per heavy atom. The van der Waals surface area contributed by atoms with E-state index < -0.39 is 0 Å². The summed E-state index contributed by atoms with van der Waals surface area (Å²) < 4.78 is 6.03. The molecule has 3 nitrogen and oxygen atoms in total. The van der Waals surface area contributed by atoms with Crippen LogP contribution in [-0.2, 0) is 0 Å². The van der Waals surface area contributed by atoms with Gasteiger partial charge >= 0.3 is 0 Å². The third kappa shape index (κ3) is 2.65. The van der Waals surface area contributed by atoms with Gasteiger partial charge in [-0.15, -0.1) is 11.3 Å². The molecule has 0 amide bonds. The van der Waals surface area contributed by atoms with Gasteiger partial charge in [0.25, 0.3) is 0 Å². The second kappa shape index (κ2) is 6.06. The highest BCUT2D eigenvalue weighted by Gasteiger charge is 2.13. The van der Waals surface area contributed by atoms with E-state index in [1.54, 1.807) is 17.7 Å². The lowest BCUT2D eigenvalue weighted by atomic mass is 10.1. The van der Waals surface area contributed by atoms with Crippen molar-refractivity contribution in [1.82, 2.24) is 9.97 Å². The van der Waals surface area contributed by atoms with Crippen LogP contribution in [0.25, 0.3) is 21.3 Å². The second-order valence-electron chi connectivity index (χ2n) is 5.63. The Bertz CT molecular complexity index is 992. The van der Waals surface area contributed by atoms with Crippen molar-refractivity contribution in [2.24, 2.45) is 0 Å². The number of fused-ring (bicyclic) bond motifs is 1. The first-order valence-corrected chi connectivity index (χ1v) is 8.58. The Labute approximate surface area is 144 Å². The lowest BCUT2D eigenvalue weighted by Crippen LogP contribution is -1.90. The molecule has 4 rings (SSSR count). The molecule has 0 aliphatic carbocycles. The third-order valence-corrected chi connectivity index (χ3v) is 5.22. The van der Waals surface area contributed by atoms with Crippen molar-refractivity contribution in [3.05, 3.63) is 71.4 Å². The highest BCUT2D eigenvalue weighted by atomic mass is 32.1. The van der Waals surface area contributed by atoms with Gasteiger partial charge in [-0.05, 0) is 42.7 Å². The van der Waals surface area contributed by atoms with Gasteiger partial charge in [0, 0.05) is 4.88 Å². The Morgan fingerprint density at radius 1 is 0.833 bits per heavy atom. The molecule has 0 bridgehead atoms. The number of rotatable bonds is 3. The van der Waals surface area contributed by atoms with Crippen LogP contribution in [0.5, 0.6) is 11.6 Å². The molecular formula is C20H16N2OS. The lowest BCUT2D eigenvalue weighted by molar-refractivity contribution is 0.468. The minimum absolute atomic E-state index is 0.620. The van der Waals surface area contributed by atoms with Crippen molar-refractivity contribution in [1.29, 1.82) is 0 Å². The van der Waals surface area contributed by atoms with Crippen molar-refractivity contribution in [3.63, 3.8) is 0 Å². The fourth-order valence-corrected chi connectivity index (χ4v) is 3.67. The van der Waals surface area contributed by atoms with Crippen LogP contribution in [0.4, 0.5) is 0 Å². The van der Waals surface area contributed by atoms with Crippen molar-refractivity contribution in [3.8, 4) is 22.8 Å². The van der Waals surface area contributed by atoms with Crippen LogP contribution >= 0.6 is 11.3 Å². The van der Waals surface area contributed by atoms with Gasteiger partial charge in [0.05, 0.1) is 5.39 Å². The van der Waals surface area contributed by atoms with E-state index in [-0.39, 0.29) is 0 Å². The molecule has 0 radical (unpaired) electrons. The minimum Gasteiger partial charge on any atom is -0.438 e. The van der Waals surface area contributed by atoms with Crippen LogP contribution in [0, 0.1) is 13.8 Å². The van der Waals surface area contributed by atoms with Gasteiger partial charge in [0.1, 0.15) is 16.9 Å². The standard InChI is InChI=1S/C20H16N2OS/c1-13-14(2)24-20-18(13)19(21-12-22-20)23-17-10-8-16(9-11-17)15-6-4-3-5-7-15/h3-12H,1-2H3. The summed E-state index contributed by atoms with van der Waals surface area (Å²) in [5.74, 6) is 1.40. The van der Waals surface area contributed by atoms with Crippen LogP contribution in [0.2, 0.25) is 0 Å². The van der Waals surface area contributed by atoms with Crippen molar-refractivity contribution in [2.75, 3.05) is 0 Å². The third-order valence-electron chi connectivity index (χ3n) is 4.11. The largest absolute Gasteiger partial charge is 0.438 e. The van der Waals surface area contributed by atoms with E-state index in [0.29, 0.717) is 5.88 Å². The topological polar surface area (TPSA) is 35.0 Å². The van der Waals surface area contributed by atoms with Crippen molar-refractivity contribution >= 4 is 21.6 Å². The predicted octanol–water partition coefficient (Wildman–Crippen LogP) is 5.77. The first-order valence-electron chi connectivity index (χ1n) is 7.76. The zero-order chi connectivity index (χ0) is 16.5. The summed E-state index contributed by atoms with van der Waals surface area (Å²) in [4.78, 5) is 10.9. The van der Waals surface area contributed by atoms with Gasteiger partial charge in [-0.2, -0.15) is 0 Å². The van der Waals surface area contributed by atoms with Gasteiger partial charge < -0.3 is 4.74 Å². The smallest absolute Gasteiger partial charge is 0.231 e. The Hall–Kier alpha value is -2.72. The van der Waals surface area contributed by atoms with Crippen LogP contribution in [-0.4, -0.2) is 9.97 Å². The van der Waals surface area contributed by atoms with Gasteiger partial charge in [-0.1, -0.05) is 42.5 Å². The van der Waals surface area contributed by atoms with E-state index in [0.717, 1.165) is 16.0 Å². The van der Waals surface area contributed by atoms with E-state index in [9.17, 15) is 0 Å². The molecule has 2 aromatic carbocycles. The van der Waals surface area contributed by atoms with Crippen molar-refractivity contribution in [2.45, 2.75) is 13.8 Å². The van der Waals surface area contributed by atoms with E-state index in [4.69, 9.17) is 4.74 Å². The summed E-state index contributed by atoms with van der Waals surface area (Å²) in [5.41, 5.74) is 3.54. The molecule has 0 N–H and O–H groups in total. The Morgan fingerprint density at radius 2 is 1.54 bits per heavy atom. The highest BCUT2D eigenvalue weighted by molar-refractivity contribution is 7.18. The summed E-state index contributed by atoms with van der Waals surface area (Å²) in [6, 6.07) is 18.4. The molecule has 0 spiro atoms. The minimum atomic E-state index is 0.620. The molecule has 0 atom stereocenters. The number of thiophene rings is 1. The zero-order valence-electron chi connectivity index (χ0n) is 13.5. The molecular weight excluding hydrogens is 316 g/mol. The average molecular weight is 332 g/mol. The number of nitrogens with zero attached hydrogens (tertiary/aromatic N) is 2. The first kappa shape index (κ1) is 14.8. The normalized spacial score (nSPS) is 10.9. The van der Waals surface area contributed by atoms with Gasteiger partial charge in [-0.3, -0.25) is 0 Å². The summed E-state index contributed by atoms with van der Waals surface area (Å²) >= 11 is 1.67. The van der Waals surface area contributed by atoms with Crippen molar-refractivity contribution < 1.29 is 4.74 Å². The number of hydrogen-bond acceptors (Lipinski definition) is 4. The maximum absolute atomic E-state index is 6.03. The summed E-state index contributed by atoms with van der Waals surface area (Å²) in [5, 5.41) is 1.01. The fraction of sp³-hybridized carbons (Fsp3) is 0.100. The maximum atomic E-state index is 6.03. The molecule has 2 aromatic heterocycles. The molecule has 0 fully saturated rings. The molecule has 0 saturated carbocycles. The Kier molecular flexibility index (Phi) is 3.75. The summed E-state index contributed by atoms with van der Waals surface area (Å²) in [7, 11) is 0.